The van der Waals surface area contributed by atoms with Gasteiger partial charge in [0.25, 0.3) is 11.8 Å². The maximum atomic E-state index is 12.7. The van der Waals surface area contributed by atoms with Crippen molar-refractivity contribution in [2.45, 2.75) is 51.5 Å². The lowest BCUT2D eigenvalue weighted by molar-refractivity contribution is -0.150. The quantitative estimate of drug-likeness (QED) is 0.590. The minimum atomic E-state index is -0.932. The van der Waals surface area contributed by atoms with E-state index in [4.69, 9.17) is 4.74 Å². The van der Waals surface area contributed by atoms with Crippen molar-refractivity contribution in [3.05, 3.63) is 35.4 Å². The number of hydrogen-bond acceptors (Lipinski definition) is 5. The average Bonchev–Trinajstić information content (AvgIpc) is 2.89. The molecule has 1 aliphatic heterocycles. The van der Waals surface area contributed by atoms with Crippen LogP contribution in [0.2, 0.25) is 0 Å². The Hall–Kier alpha value is -2.90. The number of hydrazine groups is 1. The normalized spacial score (nSPS) is 24.2. The van der Waals surface area contributed by atoms with Crippen molar-refractivity contribution in [1.29, 1.82) is 0 Å². The number of urea groups is 1. The van der Waals surface area contributed by atoms with E-state index in [1.54, 1.807) is 0 Å². The van der Waals surface area contributed by atoms with Crippen LogP contribution in [0, 0.1) is 12.8 Å². The number of benzene rings is 1. The summed E-state index contributed by atoms with van der Waals surface area (Å²) in [6.45, 7) is 3.43. The summed E-state index contributed by atoms with van der Waals surface area (Å²) >= 11 is 0. The Morgan fingerprint density at radius 3 is 2.61 bits per heavy atom. The zero-order valence-electron chi connectivity index (χ0n) is 16.1. The van der Waals surface area contributed by atoms with Crippen LogP contribution in [0.1, 0.15) is 43.7 Å². The number of carbonyl (C=O) groups excluding carboxylic acids is 4. The fourth-order valence-corrected chi connectivity index (χ4v) is 3.63. The molecule has 4 amide bonds. The summed E-state index contributed by atoms with van der Waals surface area (Å²) in [6, 6.07) is 6.74. The molecule has 8 nitrogen and oxygen atoms in total. The number of imide groups is 1. The first-order chi connectivity index (χ1) is 13.3. The second-order valence-corrected chi connectivity index (χ2v) is 7.63. The first-order valence-corrected chi connectivity index (χ1v) is 9.47. The summed E-state index contributed by atoms with van der Waals surface area (Å²) in [5.41, 5.74) is 3.08. The van der Waals surface area contributed by atoms with Crippen molar-refractivity contribution in [2.75, 3.05) is 6.61 Å². The van der Waals surface area contributed by atoms with Crippen molar-refractivity contribution in [3.63, 3.8) is 0 Å². The maximum Gasteiger partial charge on any atom is 0.344 e. The number of nitrogens with zero attached hydrogens (tertiary/aromatic N) is 1. The Bertz CT molecular complexity index is 799. The Kier molecular flexibility index (Phi) is 5.67. The van der Waals surface area contributed by atoms with Gasteiger partial charge in [0.2, 0.25) is 0 Å². The number of nitrogens with one attached hydrogen (secondary N) is 2. The van der Waals surface area contributed by atoms with E-state index in [2.05, 4.69) is 17.7 Å². The van der Waals surface area contributed by atoms with Crippen LogP contribution in [0.5, 0.6) is 0 Å². The molecule has 1 saturated heterocycles. The molecule has 1 saturated carbocycles. The van der Waals surface area contributed by atoms with E-state index in [1.165, 1.54) is 0 Å². The number of ether oxygens (including phenoxy) is 1. The second-order valence-electron chi connectivity index (χ2n) is 7.63. The molecule has 0 atom stereocenters. The summed E-state index contributed by atoms with van der Waals surface area (Å²) in [5, 5.41) is 3.42. The van der Waals surface area contributed by atoms with Crippen LogP contribution in [-0.2, 0) is 25.5 Å². The van der Waals surface area contributed by atoms with Gasteiger partial charge in [0.05, 0.1) is 6.42 Å². The first kappa shape index (κ1) is 19.9. The summed E-state index contributed by atoms with van der Waals surface area (Å²) in [7, 11) is 0. The molecule has 1 aromatic rings. The van der Waals surface area contributed by atoms with Crippen LogP contribution in [-0.4, -0.2) is 41.0 Å². The minimum absolute atomic E-state index is 0.0460. The highest BCUT2D eigenvalue weighted by atomic mass is 16.5. The van der Waals surface area contributed by atoms with Crippen LogP contribution in [0.4, 0.5) is 4.79 Å². The molecule has 1 heterocycles. The van der Waals surface area contributed by atoms with Crippen LogP contribution in [0.15, 0.2) is 24.3 Å². The third-order valence-corrected chi connectivity index (χ3v) is 5.49. The molecule has 1 aliphatic carbocycles. The molecule has 8 heteroatoms. The van der Waals surface area contributed by atoms with E-state index < -0.39 is 36.0 Å². The molecule has 28 heavy (non-hydrogen) atoms. The van der Waals surface area contributed by atoms with Gasteiger partial charge in [-0.25, -0.2) is 4.79 Å². The third kappa shape index (κ3) is 4.16. The molecule has 0 bridgehead atoms. The van der Waals surface area contributed by atoms with Crippen molar-refractivity contribution < 1.29 is 23.9 Å². The van der Waals surface area contributed by atoms with Crippen LogP contribution >= 0.6 is 0 Å². The van der Waals surface area contributed by atoms with E-state index in [-0.39, 0.29) is 6.42 Å². The molecule has 0 unspecified atom stereocenters. The Morgan fingerprint density at radius 1 is 1.25 bits per heavy atom. The standard InChI is InChI=1S/C20H25N3O5/c1-13-7-9-20(10-8-13)18(26)23(19(27)21-20)22-16(24)12-28-17(25)11-15-6-4-3-5-14(15)2/h3-6,13H,7-12H2,1-2H3,(H,21,27)(H,22,24). The zero-order valence-corrected chi connectivity index (χ0v) is 16.1. The molecule has 3 rings (SSSR count). The highest BCUT2D eigenvalue weighted by Crippen LogP contribution is 2.35. The number of carbonyl (C=O) groups is 4. The number of rotatable bonds is 5. The third-order valence-electron chi connectivity index (χ3n) is 5.49. The van der Waals surface area contributed by atoms with E-state index in [1.807, 2.05) is 31.2 Å². The van der Waals surface area contributed by atoms with Crippen LogP contribution < -0.4 is 10.7 Å². The number of esters is 1. The Balaban J connectivity index is 1.51. The van der Waals surface area contributed by atoms with Gasteiger partial charge in [-0.1, -0.05) is 31.2 Å². The Labute approximate surface area is 163 Å². The summed E-state index contributed by atoms with van der Waals surface area (Å²) in [6.07, 6.45) is 2.83. The SMILES string of the molecule is Cc1ccccc1CC(=O)OCC(=O)NN1C(=O)NC2(CCC(C)CC2)C1=O. The molecular formula is C20H25N3O5. The van der Waals surface area contributed by atoms with Crippen molar-refractivity contribution in [3.8, 4) is 0 Å². The molecule has 150 valence electrons. The monoisotopic (exact) mass is 387 g/mol. The molecule has 2 aliphatic rings. The average molecular weight is 387 g/mol. The lowest BCUT2D eigenvalue weighted by Crippen LogP contribution is -2.52. The predicted octanol–water partition coefficient (Wildman–Crippen LogP) is 1.61. The second kappa shape index (κ2) is 8.00. The van der Waals surface area contributed by atoms with Gasteiger partial charge < -0.3 is 10.1 Å². The van der Waals surface area contributed by atoms with Crippen LogP contribution in [0.3, 0.4) is 0 Å². The predicted molar refractivity (Wildman–Crippen MR) is 99.7 cm³/mol. The van der Waals surface area contributed by atoms with Gasteiger partial charge in [0.1, 0.15) is 5.54 Å². The topological polar surface area (TPSA) is 105 Å². The number of hydrogen-bond donors (Lipinski definition) is 2. The molecule has 0 aromatic heterocycles. The largest absolute Gasteiger partial charge is 0.455 e. The summed E-state index contributed by atoms with van der Waals surface area (Å²) in [5.74, 6) is -1.24. The van der Waals surface area contributed by atoms with Gasteiger partial charge in [-0.3, -0.25) is 19.8 Å². The fraction of sp³-hybridized carbons (Fsp3) is 0.500. The molecule has 0 radical (unpaired) electrons. The van der Waals surface area contributed by atoms with E-state index in [9.17, 15) is 19.2 Å². The van der Waals surface area contributed by atoms with Gasteiger partial charge in [-0.15, -0.1) is 0 Å². The lowest BCUT2D eigenvalue weighted by atomic mass is 9.77. The molecule has 2 fully saturated rings. The highest BCUT2D eigenvalue weighted by molar-refractivity contribution is 6.08. The highest BCUT2D eigenvalue weighted by Gasteiger charge is 2.52. The Morgan fingerprint density at radius 2 is 1.93 bits per heavy atom. The summed E-state index contributed by atoms with van der Waals surface area (Å²) in [4.78, 5) is 48.9. The molecule has 1 spiro atoms. The fourth-order valence-electron chi connectivity index (χ4n) is 3.63. The van der Waals surface area contributed by atoms with Crippen molar-refractivity contribution in [2.24, 2.45) is 5.92 Å². The number of amides is 4. The van der Waals surface area contributed by atoms with Crippen LogP contribution in [0.25, 0.3) is 0 Å². The molecule has 1 aromatic carbocycles. The van der Waals surface area contributed by atoms with Gasteiger partial charge in [-0.05, 0) is 49.7 Å². The van der Waals surface area contributed by atoms with Crippen molar-refractivity contribution >= 4 is 23.8 Å². The van der Waals surface area contributed by atoms with E-state index in [0.717, 1.165) is 24.0 Å². The molecule has 2 N–H and O–H groups in total. The van der Waals surface area contributed by atoms with E-state index >= 15 is 0 Å². The van der Waals surface area contributed by atoms with Crippen molar-refractivity contribution in [1.82, 2.24) is 15.8 Å². The summed E-state index contributed by atoms with van der Waals surface area (Å²) < 4.78 is 4.97. The minimum Gasteiger partial charge on any atom is -0.455 e. The molecular weight excluding hydrogens is 362 g/mol. The smallest absolute Gasteiger partial charge is 0.344 e. The van der Waals surface area contributed by atoms with Gasteiger partial charge in [0.15, 0.2) is 6.61 Å². The first-order valence-electron chi connectivity index (χ1n) is 9.47. The van der Waals surface area contributed by atoms with Gasteiger partial charge >= 0.3 is 12.0 Å². The van der Waals surface area contributed by atoms with Gasteiger partial charge in [0, 0.05) is 0 Å². The van der Waals surface area contributed by atoms with E-state index in [0.29, 0.717) is 23.8 Å². The maximum absolute atomic E-state index is 12.7. The lowest BCUT2D eigenvalue weighted by Gasteiger charge is -2.33. The zero-order chi connectivity index (χ0) is 20.3. The van der Waals surface area contributed by atoms with Gasteiger partial charge in [-0.2, -0.15) is 5.01 Å². The number of aryl methyl sites for hydroxylation is 1.